The van der Waals surface area contributed by atoms with Crippen molar-refractivity contribution >= 4 is 10.0 Å². The number of rotatable bonds is 5. The minimum Gasteiger partial charge on any atom is -0.330 e. The molecule has 4 nitrogen and oxygen atoms in total. The lowest BCUT2D eigenvalue weighted by Crippen LogP contribution is -2.34. The fourth-order valence-corrected chi connectivity index (χ4v) is 3.24. The van der Waals surface area contributed by atoms with Crippen LogP contribution in [0.1, 0.15) is 24.5 Å². The summed E-state index contributed by atoms with van der Waals surface area (Å²) in [5.41, 5.74) is 7.22. The van der Waals surface area contributed by atoms with Gasteiger partial charge in [-0.2, -0.15) is 0 Å². The molecule has 0 aliphatic heterocycles. The SMILES string of the molecule is Cc1ccc(S(=O)(=O)NC(C)CCN)c(C)c1. The summed E-state index contributed by atoms with van der Waals surface area (Å²) in [5.74, 6) is 0. The molecule has 0 saturated heterocycles. The first-order valence-corrected chi connectivity index (χ1v) is 7.15. The third kappa shape index (κ3) is 3.80. The molecular weight excluding hydrogens is 236 g/mol. The molecule has 0 bridgehead atoms. The van der Waals surface area contributed by atoms with E-state index in [1.165, 1.54) is 0 Å². The van der Waals surface area contributed by atoms with Gasteiger partial charge in [0.15, 0.2) is 0 Å². The molecule has 5 heteroatoms. The number of hydrogen-bond donors (Lipinski definition) is 2. The molecule has 17 heavy (non-hydrogen) atoms. The van der Waals surface area contributed by atoms with E-state index in [2.05, 4.69) is 4.72 Å². The molecule has 0 heterocycles. The monoisotopic (exact) mass is 256 g/mol. The van der Waals surface area contributed by atoms with Gasteiger partial charge in [0.25, 0.3) is 0 Å². The van der Waals surface area contributed by atoms with Crippen molar-refractivity contribution in [1.29, 1.82) is 0 Å². The molecule has 96 valence electrons. The van der Waals surface area contributed by atoms with Crippen LogP contribution in [0, 0.1) is 13.8 Å². The summed E-state index contributed by atoms with van der Waals surface area (Å²) >= 11 is 0. The molecule has 1 aromatic rings. The van der Waals surface area contributed by atoms with E-state index in [0.29, 0.717) is 17.9 Å². The van der Waals surface area contributed by atoms with Crippen molar-refractivity contribution in [2.45, 2.75) is 38.1 Å². The van der Waals surface area contributed by atoms with Crippen molar-refractivity contribution in [3.05, 3.63) is 29.3 Å². The predicted molar refractivity (Wildman–Crippen MR) is 69.4 cm³/mol. The molecule has 0 fully saturated rings. The fraction of sp³-hybridized carbons (Fsp3) is 0.500. The number of nitrogens with one attached hydrogen (secondary N) is 1. The first kappa shape index (κ1) is 14.2. The fourth-order valence-electron chi connectivity index (χ4n) is 1.74. The zero-order valence-corrected chi connectivity index (χ0v) is 11.3. The molecule has 1 aromatic carbocycles. The highest BCUT2D eigenvalue weighted by Gasteiger charge is 2.18. The maximum atomic E-state index is 12.1. The predicted octanol–water partition coefficient (Wildman–Crippen LogP) is 1.32. The van der Waals surface area contributed by atoms with Crippen LogP contribution in [0.25, 0.3) is 0 Å². The molecule has 0 amide bonds. The lowest BCUT2D eigenvalue weighted by molar-refractivity contribution is 0.549. The Labute approximate surface area is 103 Å². The van der Waals surface area contributed by atoms with E-state index in [9.17, 15) is 8.42 Å². The molecule has 3 N–H and O–H groups in total. The molecule has 1 atom stereocenters. The molecule has 0 saturated carbocycles. The Bertz CT molecular complexity index is 483. The Balaban J connectivity index is 2.97. The Morgan fingerprint density at radius 1 is 1.35 bits per heavy atom. The van der Waals surface area contributed by atoms with Gasteiger partial charge in [-0.25, -0.2) is 13.1 Å². The summed E-state index contributed by atoms with van der Waals surface area (Å²) in [4.78, 5) is 0.340. The van der Waals surface area contributed by atoms with Crippen LogP contribution in [0.4, 0.5) is 0 Å². The maximum absolute atomic E-state index is 12.1. The smallest absolute Gasteiger partial charge is 0.241 e. The third-order valence-electron chi connectivity index (χ3n) is 2.58. The summed E-state index contributed by atoms with van der Waals surface area (Å²) in [7, 11) is -3.43. The Kier molecular flexibility index (Phi) is 4.68. The normalized spacial score (nSPS) is 13.6. The number of hydrogen-bond acceptors (Lipinski definition) is 3. The number of aryl methyl sites for hydroxylation is 2. The molecule has 0 aliphatic carbocycles. The van der Waals surface area contributed by atoms with Crippen LogP contribution in [0.3, 0.4) is 0 Å². The second kappa shape index (κ2) is 5.62. The van der Waals surface area contributed by atoms with E-state index < -0.39 is 10.0 Å². The number of nitrogens with two attached hydrogens (primary N) is 1. The summed E-state index contributed by atoms with van der Waals surface area (Å²) < 4.78 is 26.8. The summed E-state index contributed by atoms with van der Waals surface area (Å²) in [6, 6.07) is 5.16. The molecule has 1 unspecified atom stereocenters. The molecule has 0 aromatic heterocycles. The van der Waals surface area contributed by atoms with Crippen molar-refractivity contribution in [3.63, 3.8) is 0 Å². The molecule has 0 radical (unpaired) electrons. The highest BCUT2D eigenvalue weighted by Crippen LogP contribution is 2.16. The van der Waals surface area contributed by atoms with Gasteiger partial charge in [-0.3, -0.25) is 0 Å². The first-order chi connectivity index (χ1) is 7.86. The van der Waals surface area contributed by atoms with E-state index >= 15 is 0 Å². The van der Waals surface area contributed by atoms with E-state index in [0.717, 1.165) is 11.1 Å². The molecular formula is C12H20N2O2S. The number of benzene rings is 1. The second-order valence-electron chi connectivity index (χ2n) is 4.37. The number of sulfonamides is 1. The van der Waals surface area contributed by atoms with Crippen LogP contribution >= 0.6 is 0 Å². The van der Waals surface area contributed by atoms with Crippen molar-refractivity contribution < 1.29 is 8.42 Å². The van der Waals surface area contributed by atoms with Crippen molar-refractivity contribution in [2.75, 3.05) is 6.54 Å². The highest BCUT2D eigenvalue weighted by molar-refractivity contribution is 7.89. The Hall–Kier alpha value is -0.910. The van der Waals surface area contributed by atoms with Crippen LogP contribution < -0.4 is 10.5 Å². The zero-order chi connectivity index (χ0) is 13.1. The Morgan fingerprint density at radius 2 is 2.00 bits per heavy atom. The van der Waals surface area contributed by atoms with Crippen LogP contribution in [0.15, 0.2) is 23.1 Å². The second-order valence-corrected chi connectivity index (χ2v) is 6.05. The topological polar surface area (TPSA) is 72.2 Å². The quantitative estimate of drug-likeness (QED) is 0.834. The Morgan fingerprint density at radius 3 is 2.53 bits per heavy atom. The van der Waals surface area contributed by atoms with Crippen LogP contribution in [-0.4, -0.2) is 21.0 Å². The molecule has 1 rings (SSSR count). The highest BCUT2D eigenvalue weighted by atomic mass is 32.2. The minimum absolute atomic E-state index is 0.147. The van der Waals surface area contributed by atoms with Gasteiger partial charge in [-0.05, 0) is 45.4 Å². The standard InChI is InChI=1S/C12H20N2O2S/c1-9-4-5-12(10(2)8-9)17(15,16)14-11(3)6-7-13/h4-5,8,11,14H,6-7,13H2,1-3H3. The summed E-state index contributed by atoms with van der Waals surface area (Å²) in [6.07, 6.45) is 0.629. The van der Waals surface area contributed by atoms with Crippen molar-refractivity contribution in [1.82, 2.24) is 4.72 Å². The van der Waals surface area contributed by atoms with Gasteiger partial charge in [0, 0.05) is 6.04 Å². The molecule has 0 spiro atoms. The van der Waals surface area contributed by atoms with Crippen molar-refractivity contribution in [3.8, 4) is 0 Å². The van der Waals surface area contributed by atoms with Gasteiger partial charge in [0.2, 0.25) is 10.0 Å². The van der Waals surface area contributed by atoms with Crippen LogP contribution in [0.5, 0.6) is 0 Å². The van der Waals surface area contributed by atoms with Gasteiger partial charge < -0.3 is 5.73 Å². The zero-order valence-electron chi connectivity index (χ0n) is 10.5. The molecule has 0 aliphatic rings. The van der Waals surface area contributed by atoms with E-state index in [1.54, 1.807) is 19.1 Å². The van der Waals surface area contributed by atoms with Gasteiger partial charge in [0.05, 0.1) is 4.90 Å². The maximum Gasteiger partial charge on any atom is 0.241 e. The van der Waals surface area contributed by atoms with Gasteiger partial charge >= 0.3 is 0 Å². The third-order valence-corrected chi connectivity index (χ3v) is 4.33. The van der Waals surface area contributed by atoms with E-state index in [1.807, 2.05) is 19.9 Å². The lowest BCUT2D eigenvalue weighted by atomic mass is 10.2. The average molecular weight is 256 g/mol. The summed E-state index contributed by atoms with van der Waals surface area (Å²) in [5, 5.41) is 0. The minimum atomic E-state index is -3.43. The van der Waals surface area contributed by atoms with Crippen molar-refractivity contribution in [2.24, 2.45) is 5.73 Å². The van der Waals surface area contributed by atoms with Gasteiger partial charge in [0.1, 0.15) is 0 Å². The summed E-state index contributed by atoms with van der Waals surface area (Å²) in [6.45, 7) is 6.02. The van der Waals surface area contributed by atoms with Gasteiger partial charge in [-0.1, -0.05) is 17.7 Å². The first-order valence-electron chi connectivity index (χ1n) is 5.66. The van der Waals surface area contributed by atoms with Crippen LogP contribution in [0.2, 0.25) is 0 Å². The van der Waals surface area contributed by atoms with E-state index in [-0.39, 0.29) is 6.04 Å². The average Bonchev–Trinajstić information content (AvgIpc) is 2.15. The largest absolute Gasteiger partial charge is 0.330 e. The van der Waals surface area contributed by atoms with Gasteiger partial charge in [-0.15, -0.1) is 0 Å². The van der Waals surface area contributed by atoms with Crippen LogP contribution in [-0.2, 0) is 10.0 Å². The lowest BCUT2D eigenvalue weighted by Gasteiger charge is -2.14. The van der Waals surface area contributed by atoms with E-state index in [4.69, 9.17) is 5.73 Å².